The number of allylic oxidation sites excluding steroid dienone is 2. The summed E-state index contributed by atoms with van der Waals surface area (Å²) in [6.07, 6.45) is 3.67. The van der Waals surface area contributed by atoms with Crippen molar-refractivity contribution in [2.45, 2.75) is 65.7 Å². The summed E-state index contributed by atoms with van der Waals surface area (Å²) in [5, 5.41) is 0.916. The van der Waals surface area contributed by atoms with Gasteiger partial charge in [-0.15, -0.1) is 0 Å². The van der Waals surface area contributed by atoms with Gasteiger partial charge in [0.1, 0.15) is 0 Å². The van der Waals surface area contributed by atoms with E-state index in [4.69, 9.17) is 0 Å². The molecule has 0 N–H and O–H groups in total. The first-order valence-corrected chi connectivity index (χ1v) is 9.11. The first kappa shape index (κ1) is 19.5. The van der Waals surface area contributed by atoms with E-state index >= 15 is 0 Å². The summed E-state index contributed by atoms with van der Waals surface area (Å²) in [4.78, 5) is 0. The van der Waals surface area contributed by atoms with Gasteiger partial charge in [0.15, 0.2) is 0 Å². The molecule has 0 rings (SSSR count). The molecule has 0 saturated carbocycles. The Hall–Kier alpha value is 1.12. The van der Waals surface area contributed by atoms with E-state index in [9.17, 15) is 0 Å². The second-order valence-electron chi connectivity index (χ2n) is 6.23. The van der Waals surface area contributed by atoms with E-state index in [0.29, 0.717) is 10.3 Å². The predicted molar refractivity (Wildman–Crippen MR) is 76.6 cm³/mol. The van der Waals surface area contributed by atoms with Crippen molar-refractivity contribution in [3.8, 4) is 0 Å². The molecule has 0 aromatic carbocycles. The predicted octanol–water partition coefficient (Wildman–Crippen LogP) is 5.72. The van der Waals surface area contributed by atoms with Crippen LogP contribution in [0.4, 0.5) is 0 Å². The molecule has 0 heterocycles. The van der Waals surface area contributed by atoms with Crippen molar-refractivity contribution in [1.82, 2.24) is 0 Å². The van der Waals surface area contributed by atoms with Gasteiger partial charge in [-0.2, -0.15) is 0 Å². The van der Waals surface area contributed by atoms with Crippen LogP contribution in [0.15, 0.2) is 11.6 Å². The molecule has 0 spiro atoms. The van der Waals surface area contributed by atoms with Gasteiger partial charge in [-0.1, -0.05) is 61.1 Å². The molecule has 0 aliphatic carbocycles. The van der Waals surface area contributed by atoms with Crippen LogP contribution >= 0.6 is 17.5 Å². The van der Waals surface area contributed by atoms with Crippen molar-refractivity contribution >= 4 is 17.5 Å². The Labute approximate surface area is 119 Å². The van der Waals surface area contributed by atoms with Crippen molar-refractivity contribution in [1.29, 1.82) is 0 Å². The van der Waals surface area contributed by atoms with Crippen LogP contribution in [0.2, 0.25) is 0 Å². The quantitative estimate of drug-likeness (QED) is 0.337. The summed E-state index contributed by atoms with van der Waals surface area (Å²) in [6.45, 7) is 18.7. The monoisotopic (exact) mass is 355 g/mol. The molecule has 3 heteroatoms. The fourth-order valence-corrected chi connectivity index (χ4v) is 5.48. The molecule has 0 aromatic heterocycles. The molecule has 0 atom stereocenters. The zero-order valence-electron chi connectivity index (χ0n) is 11.9. The summed E-state index contributed by atoms with van der Waals surface area (Å²) in [5.74, 6) is 0. The van der Waals surface area contributed by atoms with Crippen molar-refractivity contribution in [2.75, 3.05) is 6.16 Å². The minimum absolute atomic E-state index is 0.0484. The third kappa shape index (κ3) is 9.18. The average Bonchev–Trinajstić information content (AvgIpc) is 2.02. The van der Waals surface area contributed by atoms with Crippen LogP contribution < -0.4 is 0 Å². The molecule has 0 aliphatic rings. The van der Waals surface area contributed by atoms with Gasteiger partial charge in [0.05, 0.1) is 0 Å². The Morgan fingerprint density at radius 2 is 1.31 bits per heavy atom. The average molecular weight is 356 g/mol. The van der Waals surface area contributed by atoms with Crippen LogP contribution in [0.25, 0.3) is 0 Å². The maximum atomic E-state index is 4.49. The number of rotatable bonds is 2. The molecule has 0 fully saturated rings. The first-order chi connectivity index (χ1) is 7.05. The van der Waals surface area contributed by atoms with Crippen LogP contribution in [-0.4, -0.2) is 16.5 Å². The normalized spacial score (nSPS) is 12.0. The minimum atomic E-state index is 0.0484. The zero-order chi connectivity index (χ0) is 13.6. The number of hydrogen-bond donors (Lipinski definition) is 0. The number of hydrogen-bond acceptors (Lipinski definition) is 0. The zero-order valence-corrected chi connectivity index (χ0v) is 15.1. The fraction of sp³-hybridized carbons (Fsp3) is 0.846. The topological polar surface area (TPSA) is 0 Å². The van der Waals surface area contributed by atoms with Gasteiger partial charge in [-0.3, -0.25) is 0 Å². The van der Waals surface area contributed by atoms with E-state index in [0.717, 1.165) is 0 Å². The van der Waals surface area contributed by atoms with Gasteiger partial charge in [0.25, 0.3) is 0 Å². The van der Waals surface area contributed by atoms with Crippen molar-refractivity contribution in [3.05, 3.63) is 11.6 Å². The van der Waals surface area contributed by atoms with Crippen LogP contribution in [-0.2, 0) is 18.2 Å². The van der Waals surface area contributed by atoms with E-state index in [2.05, 4.69) is 89.2 Å². The maximum absolute atomic E-state index is 4.49. The molecule has 0 aliphatic heterocycles. The Balaban J connectivity index is 0. The van der Waals surface area contributed by atoms with Crippen molar-refractivity contribution < 1.29 is 18.2 Å². The fourth-order valence-electron chi connectivity index (χ4n) is 1.83. The van der Waals surface area contributed by atoms with E-state index in [1.54, 1.807) is 0 Å². The van der Waals surface area contributed by atoms with Gasteiger partial charge >= 0.3 is 27.7 Å². The van der Waals surface area contributed by atoms with E-state index < -0.39 is 0 Å². The summed E-state index contributed by atoms with van der Waals surface area (Å²) in [7, 11) is 4.54. The molecule has 0 nitrogen and oxygen atoms in total. The summed E-state index contributed by atoms with van der Waals surface area (Å²) in [6, 6.07) is 0. The molecular weight excluding hydrogens is 329 g/mol. The van der Waals surface area contributed by atoms with Crippen LogP contribution in [0.1, 0.15) is 55.4 Å². The van der Waals surface area contributed by atoms with Gasteiger partial charge < -0.3 is 0 Å². The molecule has 0 aromatic rings. The van der Waals surface area contributed by atoms with E-state index in [1.807, 2.05) is 0 Å². The van der Waals surface area contributed by atoms with Gasteiger partial charge in [-0.25, -0.2) is 0 Å². The van der Waals surface area contributed by atoms with Crippen molar-refractivity contribution in [3.63, 3.8) is 0 Å². The van der Waals surface area contributed by atoms with Crippen LogP contribution in [0, 0.1) is 0 Å². The molecule has 16 heavy (non-hydrogen) atoms. The number of halogens is 1. The van der Waals surface area contributed by atoms with Crippen LogP contribution in [0.3, 0.4) is 0 Å². The SMILES string of the molecule is CC(C)=CCP(C(C)(C)C)C(C)(C)C.[Cl][Pd]. The molecule has 0 radical (unpaired) electrons. The second-order valence-corrected chi connectivity index (χ2v) is 10.1. The summed E-state index contributed by atoms with van der Waals surface area (Å²) < 4.78 is 0. The third-order valence-electron chi connectivity index (χ3n) is 2.30. The summed E-state index contributed by atoms with van der Waals surface area (Å²) in [5.41, 5.74) is 1.45. The second kappa shape index (κ2) is 8.26. The van der Waals surface area contributed by atoms with E-state index in [1.165, 1.54) is 11.7 Å². The van der Waals surface area contributed by atoms with Gasteiger partial charge in [-0.05, 0) is 30.3 Å². The standard InChI is InChI=1S/C13H27P.ClH.Pd/c1-11(2)9-10-14(12(3,4)5)13(6,7)8;;/h9H,10H2,1-8H3;1H;/q;;+1/p-1. The molecule has 0 bridgehead atoms. The molecule has 0 saturated heterocycles. The van der Waals surface area contributed by atoms with E-state index in [-0.39, 0.29) is 7.92 Å². The van der Waals surface area contributed by atoms with Gasteiger partial charge in [0, 0.05) is 0 Å². The molecule has 0 amide bonds. The Kier molecular flexibility index (Phi) is 10.1. The Morgan fingerprint density at radius 3 is 1.50 bits per heavy atom. The molecule has 101 valence electrons. The van der Waals surface area contributed by atoms with Crippen LogP contribution in [0.5, 0.6) is 0 Å². The van der Waals surface area contributed by atoms with Gasteiger partial charge in [0.2, 0.25) is 0 Å². The molecule has 0 unspecified atom stereocenters. The molecular formula is C13H27ClPPd. The van der Waals surface area contributed by atoms with Crippen molar-refractivity contribution in [2.24, 2.45) is 0 Å². The Bertz CT molecular complexity index is 193. The Morgan fingerprint density at radius 1 is 1.00 bits per heavy atom. The summed E-state index contributed by atoms with van der Waals surface area (Å²) >= 11 is 2.22. The first-order valence-electron chi connectivity index (χ1n) is 5.58. The third-order valence-corrected chi connectivity index (χ3v) is 6.09.